The van der Waals surface area contributed by atoms with Crippen LogP contribution in [0.3, 0.4) is 0 Å². The average Bonchev–Trinajstić information content (AvgIpc) is 3.27. The Kier molecular flexibility index (Phi) is 6.63. The summed E-state index contributed by atoms with van der Waals surface area (Å²) in [5.41, 5.74) is 3.83. The third-order valence-electron chi connectivity index (χ3n) is 6.41. The summed E-state index contributed by atoms with van der Waals surface area (Å²) in [6, 6.07) is 17.6. The van der Waals surface area contributed by atoms with E-state index in [9.17, 15) is 14.4 Å². The fourth-order valence-electron chi connectivity index (χ4n) is 4.91. The molecule has 6 nitrogen and oxygen atoms in total. The van der Waals surface area contributed by atoms with Crippen molar-refractivity contribution in [1.82, 2.24) is 10.3 Å². The quantitative estimate of drug-likeness (QED) is 0.405. The molecule has 2 N–H and O–H groups in total. The van der Waals surface area contributed by atoms with Crippen molar-refractivity contribution >= 4 is 28.6 Å². The number of fused-ring (bicyclic) bond motifs is 1. The number of amides is 1. The van der Waals surface area contributed by atoms with Gasteiger partial charge in [-0.2, -0.15) is 0 Å². The Hall–Kier alpha value is -3.41. The molecule has 3 atom stereocenters. The second kappa shape index (κ2) is 9.61. The molecule has 3 aromatic rings. The topological polar surface area (TPSA) is 88.3 Å². The molecule has 172 valence electrons. The minimum atomic E-state index is -0.855. The Morgan fingerprint density at radius 3 is 2.45 bits per heavy atom. The number of H-pyrrole nitrogens is 1. The number of aromatic amines is 1. The standard InChI is InChI=1S/C27H30N2O4/c1-16(2)23(24-26(31)22(33-27(24)32)15-18-9-5-4-6-10-18)25-20(13-14-28-17(3)30)19-11-7-8-12-21(19)29-25/h4-12,16,22-24,29H,13-15H2,1-3H3,(H,28,30). The predicted molar refractivity (Wildman–Crippen MR) is 127 cm³/mol. The van der Waals surface area contributed by atoms with Gasteiger partial charge in [0.05, 0.1) is 0 Å². The number of ketones is 1. The van der Waals surface area contributed by atoms with Gasteiger partial charge in [-0.1, -0.05) is 62.4 Å². The lowest BCUT2D eigenvalue weighted by atomic mass is 9.77. The highest BCUT2D eigenvalue weighted by Gasteiger charge is 2.49. The number of benzene rings is 2. The zero-order valence-electron chi connectivity index (χ0n) is 19.3. The Balaban J connectivity index is 1.69. The molecule has 3 unspecified atom stereocenters. The first-order valence-corrected chi connectivity index (χ1v) is 11.5. The van der Waals surface area contributed by atoms with Gasteiger partial charge in [0.15, 0.2) is 11.9 Å². The fraction of sp³-hybridized carbons (Fsp3) is 0.370. The molecule has 0 spiro atoms. The summed E-state index contributed by atoms with van der Waals surface area (Å²) < 4.78 is 5.61. The molecule has 0 radical (unpaired) electrons. The zero-order chi connectivity index (χ0) is 23.5. The third-order valence-corrected chi connectivity index (χ3v) is 6.41. The monoisotopic (exact) mass is 446 g/mol. The van der Waals surface area contributed by atoms with Crippen LogP contribution in [0.2, 0.25) is 0 Å². The fourth-order valence-corrected chi connectivity index (χ4v) is 4.91. The molecule has 4 rings (SSSR count). The number of esters is 1. The van der Waals surface area contributed by atoms with Crippen molar-refractivity contribution in [2.75, 3.05) is 6.54 Å². The molecule has 6 heteroatoms. The van der Waals surface area contributed by atoms with Crippen LogP contribution < -0.4 is 5.32 Å². The zero-order valence-corrected chi connectivity index (χ0v) is 19.3. The molecule has 2 heterocycles. The van der Waals surface area contributed by atoms with E-state index in [1.54, 1.807) is 0 Å². The lowest BCUT2D eigenvalue weighted by Gasteiger charge is -2.24. The first-order valence-electron chi connectivity index (χ1n) is 11.5. The molecule has 2 aromatic carbocycles. The summed E-state index contributed by atoms with van der Waals surface area (Å²) in [4.78, 5) is 41.4. The van der Waals surface area contributed by atoms with Gasteiger partial charge in [0.2, 0.25) is 5.91 Å². The third kappa shape index (κ3) is 4.70. The molecule has 0 bridgehead atoms. The molecular formula is C27H30N2O4. The highest BCUT2D eigenvalue weighted by Crippen LogP contribution is 2.41. The van der Waals surface area contributed by atoms with Gasteiger partial charge in [0, 0.05) is 42.4 Å². The first-order chi connectivity index (χ1) is 15.9. The highest BCUT2D eigenvalue weighted by atomic mass is 16.6. The van der Waals surface area contributed by atoms with Crippen LogP contribution in [0.25, 0.3) is 10.9 Å². The van der Waals surface area contributed by atoms with Crippen molar-refractivity contribution in [2.24, 2.45) is 11.8 Å². The van der Waals surface area contributed by atoms with Crippen LogP contribution in [0.4, 0.5) is 0 Å². The van der Waals surface area contributed by atoms with Gasteiger partial charge in [-0.15, -0.1) is 0 Å². The van der Waals surface area contributed by atoms with E-state index in [0.29, 0.717) is 19.4 Å². The van der Waals surface area contributed by atoms with E-state index in [-0.39, 0.29) is 23.5 Å². The van der Waals surface area contributed by atoms with E-state index in [2.05, 4.69) is 10.3 Å². The number of rotatable bonds is 8. The minimum Gasteiger partial charge on any atom is -0.453 e. The molecule has 0 aliphatic carbocycles. The number of cyclic esters (lactones) is 1. The van der Waals surface area contributed by atoms with E-state index < -0.39 is 18.0 Å². The molecule has 0 saturated carbocycles. The summed E-state index contributed by atoms with van der Waals surface area (Å²) in [5, 5.41) is 3.90. The van der Waals surface area contributed by atoms with Crippen LogP contribution in [-0.4, -0.2) is 35.3 Å². The predicted octanol–water partition coefficient (Wildman–Crippen LogP) is 3.94. The summed E-state index contributed by atoms with van der Waals surface area (Å²) in [5.74, 6) is -1.87. The Morgan fingerprint density at radius 2 is 1.76 bits per heavy atom. The summed E-state index contributed by atoms with van der Waals surface area (Å²) in [7, 11) is 0. The van der Waals surface area contributed by atoms with Crippen LogP contribution in [0.15, 0.2) is 54.6 Å². The number of aromatic nitrogens is 1. The van der Waals surface area contributed by atoms with Gasteiger partial charge < -0.3 is 15.0 Å². The molecule has 1 aromatic heterocycles. The van der Waals surface area contributed by atoms with Crippen LogP contribution in [0.1, 0.15) is 43.5 Å². The molecule has 1 amide bonds. The summed E-state index contributed by atoms with van der Waals surface area (Å²) in [6.07, 6.45) is 0.221. The lowest BCUT2D eigenvalue weighted by molar-refractivity contribution is -0.145. The number of ether oxygens (including phenoxy) is 1. The van der Waals surface area contributed by atoms with Gasteiger partial charge in [-0.25, -0.2) is 0 Å². The highest BCUT2D eigenvalue weighted by molar-refractivity contribution is 6.07. The van der Waals surface area contributed by atoms with Crippen molar-refractivity contribution in [3.63, 3.8) is 0 Å². The van der Waals surface area contributed by atoms with Gasteiger partial charge in [0.1, 0.15) is 5.92 Å². The average molecular weight is 447 g/mol. The van der Waals surface area contributed by atoms with E-state index in [4.69, 9.17) is 4.74 Å². The van der Waals surface area contributed by atoms with Gasteiger partial charge in [0.25, 0.3) is 0 Å². The SMILES string of the molecule is CC(=O)NCCc1c(C(C(C)C)C2C(=O)OC(Cc3ccccc3)C2=O)[nH]c2ccccc12. The number of Topliss-reactive ketones (excluding diaryl/α,β-unsaturated/α-hetero) is 1. The number of carbonyl (C=O) groups excluding carboxylic acids is 3. The molecule has 1 aliphatic heterocycles. The van der Waals surface area contributed by atoms with Crippen LogP contribution in [0.5, 0.6) is 0 Å². The molecule has 33 heavy (non-hydrogen) atoms. The molecule has 1 fully saturated rings. The number of hydrogen-bond donors (Lipinski definition) is 2. The number of carbonyl (C=O) groups is 3. The summed E-state index contributed by atoms with van der Waals surface area (Å²) >= 11 is 0. The van der Waals surface area contributed by atoms with Gasteiger partial charge in [-0.3, -0.25) is 14.4 Å². The van der Waals surface area contributed by atoms with Crippen molar-refractivity contribution in [3.05, 3.63) is 71.4 Å². The Labute approximate surface area is 193 Å². The van der Waals surface area contributed by atoms with E-state index >= 15 is 0 Å². The summed E-state index contributed by atoms with van der Waals surface area (Å²) in [6.45, 7) is 6.03. The van der Waals surface area contributed by atoms with Crippen molar-refractivity contribution in [2.45, 2.75) is 45.6 Å². The van der Waals surface area contributed by atoms with Crippen molar-refractivity contribution in [3.8, 4) is 0 Å². The number of para-hydroxylation sites is 1. The maximum Gasteiger partial charge on any atom is 0.318 e. The lowest BCUT2D eigenvalue weighted by Crippen LogP contribution is -2.31. The molecular weight excluding hydrogens is 416 g/mol. The first kappa shape index (κ1) is 22.8. The smallest absolute Gasteiger partial charge is 0.318 e. The van der Waals surface area contributed by atoms with E-state index in [1.165, 1.54) is 6.92 Å². The Bertz CT molecular complexity index is 1170. The van der Waals surface area contributed by atoms with Crippen molar-refractivity contribution < 1.29 is 19.1 Å². The second-order valence-corrected chi connectivity index (χ2v) is 9.06. The normalized spacial score (nSPS) is 19.2. The minimum absolute atomic E-state index is 0.0227. The number of hydrogen-bond acceptors (Lipinski definition) is 4. The maximum absolute atomic E-state index is 13.5. The van der Waals surface area contributed by atoms with Gasteiger partial charge in [-0.05, 0) is 29.5 Å². The second-order valence-electron chi connectivity index (χ2n) is 9.06. The largest absolute Gasteiger partial charge is 0.453 e. The Morgan fingerprint density at radius 1 is 1.06 bits per heavy atom. The van der Waals surface area contributed by atoms with Gasteiger partial charge >= 0.3 is 5.97 Å². The van der Waals surface area contributed by atoms with Crippen molar-refractivity contribution in [1.29, 1.82) is 0 Å². The molecule has 1 aliphatic rings. The van der Waals surface area contributed by atoms with Crippen LogP contribution in [-0.2, 0) is 32.0 Å². The van der Waals surface area contributed by atoms with E-state index in [0.717, 1.165) is 27.7 Å². The maximum atomic E-state index is 13.5. The molecule has 1 saturated heterocycles. The van der Waals surface area contributed by atoms with Crippen LogP contribution >= 0.6 is 0 Å². The van der Waals surface area contributed by atoms with E-state index in [1.807, 2.05) is 68.4 Å². The van der Waals surface area contributed by atoms with Crippen LogP contribution in [0, 0.1) is 11.8 Å². The number of nitrogens with one attached hydrogen (secondary N) is 2.